The number of fused-ring (bicyclic) bond motifs is 2. The van der Waals surface area contributed by atoms with E-state index in [1.54, 1.807) is 0 Å². The second kappa shape index (κ2) is 7.83. The van der Waals surface area contributed by atoms with E-state index < -0.39 is 14.4 Å². The number of carboxylic acid groups (broad SMARTS) is 1. The number of rotatable bonds is 5. The van der Waals surface area contributed by atoms with E-state index in [9.17, 15) is 15.0 Å². The van der Waals surface area contributed by atoms with Crippen molar-refractivity contribution in [2.75, 3.05) is 6.61 Å². The summed E-state index contributed by atoms with van der Waals surface area (Å²) in [5.41, 5.74) is 0. The lowest BCUT2D eigenvalue weighted by Crippen LogP contribution is -2.68. The number of hydrogen-bond donors (Lipinski definition) is 2. The van der Waals surface area contributed by atoms with Crippen molar-refractivity contribution >= 4 is 24.8 Å². The predicted molar refractivity (Wildman–Crippen MR) is 120 cm³/mol. The van der Waals surface area contributed by atoms with Gasteiger partial charge in [-0.25, -0.2) is 4.79 Å². The summed E-state index contributed by atoms with van der Waals surface area (Å²) in [7, 11) is -2.69. The van der Waals surface area contributed by atoms with Gasteiger partial charge in [-0.1, -0.05) is 81.4 Å². The second-order valence-corrected chi connectivity index (χ2v) is 13.8. The minimum absolute atomic E-state index is 0.0257. The fourth-order valence-electron chi connectivity index (χ4n) is 5.69. The third kappa shape index (κ3) is 3.27. The van der Waals surface area contributed by atoms with Crippen LogP contribution in [0.25, 0.3) is 0 Å². The van der Waals surface area contributed by atoms with Crippen LogP contribution in [0, 0.1) is 5.92 Å². The van der Waals surface area contributed by atoms with Crippen LogP contribution in [0.5, 0.6) is 0 Å². The Kier molecular flexibility index (Phi) is 5.51. The molecule has 4 rings (SSSR count). The summed E-state index contributed by atoms with van der Waals surface area (Å²) < 4.78 is 7.24. The molecule has 4 atom stereocenters. The lowest BCUT2D eigenvalue weighted by Gasteiger charge is -2.47. The van der Waals surface area contributed by atoms with E-state index in [0.29, 0.717) is 6.42 Å². The lowest BCUT2D eigenvalue weighted by molar-refractivity contribution is 0.0208. The van der Waals surface area contributed by atoms with Gasteiger partial charge in [0.2, 0.25) is 0 Å². The van der Waals surface area contributed by atoms with Crippen LogP contribution in [-0.2, 0) is 4.43 Å². The van der Waals surface area contributed by atoms with E-state index in [4.69, 9.17) is 4.43 Å². The molecule has 2 N–H and O–H groups in total. The van der Waals surface area contributed by atoms with Gasteiger partial charge in [-0.15, -0.1) is 0 Å². The van der Waals surface area contributed by atoms with E-state index in [0.717, 1.165) is 6.42 Å². The zero-order valence-electron chi connectivity index (χ0n) is 17.9. The van der Waals surface area contributed by atoms with Gasteiger partial charge in [0.15, 0.2) is 0 Å². The van der Waals surface area contributed by atoms with Crippen LogP contribution in [0.1, 0.15) is 33.6 Å². The van der Waals surface area contributed by atoms with Gasteiger partial charge in [-0.05, 0) is 28.3 Å². The molecule has 2 bridgehead atoms. The summed E-state index contributed by atoms with van der Waals surface area (Å²) in [6.45, 7) is 6.59. The highest BCUT2D eigenvalue weighted by molar-refractivity contribution is 6.99. The largest absolute Gasteiger partial charge is 0.465 e. The molecule has 5 nitrogen and oxygen atoms in total. The monoisotopic (exact) mass is 425 g/mol. The highest BCUT2D eigenvalue weighted by atomic mass is 28.4. The molecule has 1 amide bonds. The molecule has 2 aromatic rings. The molecule has 3 unspecified atom stereocenters. The molecule has 2 aromatic carbocycles. The summed E-state index contributed by atoms with van der Waals surface area (Å²) in [4.78, 5) is 13.2. The Hall–Kier alpha value is -2.15. The molecule has 1 heterocycles. The molecule has 1 aliphatic carbocycles. The van der Waals surface area contributed by atoms with Gasteiger partial charge in [-0.2, -0.15) is 0 Å². The summed E-state index contributed by atoms with van der Waals surface area (Å²) in [6.07, 6.45) is 0.456. The highest BCUT2D eigenvalue weighted by Crippen LogP contribution is 2.47. The number of benzene rings is 2. The van der Waals surface area contributed by atoms with E-state index in [1.165, 1.54) is 15.3 Å². The summed E-state index contributed by atoms with van der Waals surface area (Å²) in [5.74, 6) is 0.0257. The molecule has 0 spiro atoms. The Labute approximate surface area is 179 Å². The quantitative estimate of drug-likeness (QED) is 0.723. The lowest BCUT2D eigenvalue weighted by atomic mass is 9.97. The first-order valence-corrected chi connectivity index (χ1v) is 12.6. The van der Waals surface area contributed by atoms with Gasteiger partial charge in [0.05, 0.1) is 18.8 Å². The average molecular weight is 426 g/mol. The van der Waals surface area contributed by atoms with E-state index in [-0.39, 0.29) is 35.8 Å². The van der Waals surface area contributed by atoms with Crippen LogP contribution >= 0.6 is 0 Å². The zero-order chi connectivity index (χ0) is 21.5. The smallest absolute Gasteiger partial charge is 0.407 e. The predicted octanol–water partition coefficient (Wildman–Crippen LogP) is 3.06. The molecule has 30 heavy (non-hydrogen) atoms. The Morgan fingerprint density at radius 3 is 2.00 bits per heavy atom. The first-order chi connectivity index (χ1) is 14.3. The molecular formula is C24H31NO4Si. The van der Waals surface area contributed by atoms with Crippen molar-refractivity contribution in [3.63, 3.8) is 0 Å². The van der Waals surface area contributed by atoms with Crippen molar-refractivity contribution in [3.05, 3.63) is 60.7 Å². The van der Waals surface area contributed by atoms with Crippen LogP contribution in [0.3, 0.4) is 0 Å². The third-order valence-corrected chi connectivity index (χ3v) is 12.0. The van der Waals surface area contributed by atoms with Gasteiger partial charge in [0, 0.05) is 12.0 Å². The SMILES string of the molecule is CC(C)(C)[Si](O[C@H]1CC2CC1C(CO)N2C(=O)O)(c1ccccc1)c1ccccc1. The minimum Gasteiger partial charge on any atom is -0.465 e. The highest BCUT2D eigenvalue weighted by Gasteiger charge is 2.58. The molecule has 1 aliphatic heterocycles. The fourth-order valence-corrected chi connectivity index (χ4v) is 10.4. The number of amides is 1. The first-order valence-electron chi connectivity index (χ1n) is 10.7. The van der Waals surface area contributed by atoms with Crippen molar-refractivity contribution in [1.29, 1.82) is 0 Å². The fraction of sp³-hybridized carbons (Fsp3) is 0.458. The maximum Gasteiger partial charge on any atom is 0.407 e. The van der Waals surface area contributed by atoms with E-state index in [1.807, 2.05) is 12.1 Å². The summed E-state index contributed by atoms with van der Waals surface area (Å²) >= 11 is 0. The average Bonchev–Trinajstić information content (AvgIpc) is 3.30. The van der Waals surface area contributed by atoms with Crippen molar-refractivity contribution < 1.29 is 19.4 Å². The van der Waals surface area contributed by atoms with Gasteiger partial charge in [0.1, 0.15) is 0 Å². The van der Waals surface area contributed by atoms with Crippen molar-refractivity contribution in [1.82, 2.24) is 4.90 Å². The summed E-state index contributed by atoms with van der Waals surface area (Å²) in [6, 6.07) is 20.6. The number of piperidine rings is 1. The Balaban J connectivity index is 1.78. The van der Waals surface area contributed by atoms with Gasteiger partial charge < -0.3 is 14.6 Å². The Morgan fingerprint density at radius 1 is 1.03 bits per heavy atom. The van der Waals surface area contributed by atoms with Gasteiger partial charge >= 0.3 is 6.09 Å². The van der Waals surface area contributed by atoms with Crippen molar-refractivity contribution in [2.24, 2.45) is 5.92 Å². The van der Waals surface area contributed by atoms with Crippen molar-refractivity contribution in [2.45, 2.75) is 56.8 Å². The van der Waals surface area contributed by atoms with Crippen LogP contribution in [0.4, 0.5) is 4.79 Å². The number of aliphatic hydroxyl groups is 1. The van der Waals surface area contributed by atoms with Crippen LogP contribution in [0.15, 0.2) is 60.7 Å². The minimum atomic E-state index is -2.69. The van der Waals surface area contributed by atoms with E-state index in [2.05, 4.69) is 69.3 Å². The Bertz CT molecular complexity index is 844. The topological polar surface area (TPSA) is 70.0 Å². The molecule has 2 fully saturated rings. The molecule has 0 radical (unpaired) electrons. The molecule has 0 aromatic heterocycles. The standard InChI is InChI=1S/C24H31NO4Si/c1-24(2,3)30(18-10-6-4-7-11-18,19-12-8-5-9-13-19)29-22-15-17-14-20(22)21(16-26)25(17)23(27)28/h4-13,17,20-22,26H,14-16H2,1-3H3,(H,27,28)/t17?,20?,21?,22-/m0/s1. The first kappa shape index (κ1) is 21.1. The third-order valence-electron chi connectivity index (χ3n) is 6.92. The number of hydrogen-bond acceptors (Lipinski definition) is 3. The molecule has 1 saturated carbocycles. The molecule has 2 aliphatic rings. The maximum absolute atomic E-state index is 11.7. The summed E-state index contributed by atoms with van der Waals surface area (Å²) in [5, 5.41) is 21.9. The maximum atomic E-state index is 11.7. The van der Waals surface area contributed by atoms with E-state index >= 15 is 0 Å². The van der Waals surface area contributed by atoms with Gasteiger partial charge in [-0.3, -0.25) is 4.90 Å². The second-order valence-electron chi connectivity index (χ2n) is 9.55. The molecular weight excluding hydrogens is 394 g/mol. The van der Waals surface area contributed by atoms with Crippen LogP contribution < -0.4 is 10.4 Å². The van der Waals surface area contributed by atoms with Crippen molar-refractivity contribution in [3.8, 4) is 0 Å². The number of likely N-dealkylation sites (tertiary alicyclic amines) is 1. The number of nitrogens with zero attached hydrogens (tertiary/aromatic N) is 1. The number of carbonyl (C=O) groups is 1. The van der Waals surface area contributed by atoms with Gasteiger partial charge in [0.25, 0.3) is 8.32 Å². The number of aliphatic hydroxyl groups excluding tert-OH is 1. The molecule has 1 saturated heterocycles. The molecule has 6 heteroatoms. The normalized spacial score (nSPS) is 26.2. The Morgan fingerprint density at radius 2 is 1.57 bits per heavy atom. The molecule has 160 valence electrons. The van der Waals surface area contributed by atoms with Crippen LogP contribution in [0.2, 0.25) is 5.04 Å². The zero-order valence-corrected chi connectivity index (χ0v) is 18.9. The van der Waals surface area contributed by atoms with Crippen LogP contribution in [-0.4, -0.2) is 54.3 Å².